The van der Waals surface area contributed by atoms with Gasteiger partial charge >= 0.3 is 0 Å². The lowest BCUT2D eigenvalue weighted by atomic mass is 10.1. The van der Waals surface area contributed by atoms with Crippen molar-refractivity contribution in [1.29, 1.82) is 0 Å². The molecule has 0 fully saturated rings. The number of nitro benzene ring substituents is 1. The molecule has 0 saturated heterocycles. The summed E-state index contributed by atoms with van der Waals surface area (Å²) in [6.07, 6.45) is 1.34. The lowest BCUT2D eigenvalue weighted by Gasteiger charge is -2.09. The van der Waals surface area contributed by atoms with Gasteiger partial charge in [0.1, 0.15) is 5.69 Å². The van der Waals surface area contributed by atoms with Crippen LogP contribution in [0, 0.1) is 29.2 Å². The number of aromatic nitrogens is 1. The van der Waals surface area contributed by atoms with Gasteiger partial charge < -0.3 is 10.5 Å². The van der Waals surface area contributed by atoms with Gasteiger partial charge in [-0.2, -0.15) is 4.73 Å². The van der Waals surface area contributed by atoms with Crippen LogP contribution < -0.4 is 10.0 Å². The van der Waals surface area contributed by atoms with Crippen LogP contribution in [0.2, 0.25) is 0 Å². The van der Waals surface area contributed by atoms with Crippen LogP contribution in [0.4, 0.5) is 11.4 Å². The van der Waals surface area contributed by atoms with E-state index in [9.17, 15) is 20.1 Å². The van der Waals surface area contributed by atoms with Gasteiger partial charge in [-0.25, -0.2) is 0 Å². The SMILES string of the molecule is Cc1cc(NC(=O)CSc2cccc[n+]2[O-])c([N+](=O)[O-])cc1C. The Morgan fingerprint density at radius 1 is 1.30 bits per heavy atom. The van der Waals surface area contributed by atoms with Crippen molar-refractivity contribution in [3.63, 3.8) is 0 Å². The molecule has 1 aromatic heterocycles. The number of aryl methyl sites for hydroxylation is 2. The molecule has 0 radical (unpaired) electrons. The van der Waals surface area contributed by atoms with Crippen molar-refractivity contribution < 1.29 is 14.4 Å². The van der Waals surface area contributed by atoms with Crippen LogP contribution in [0.15, 0.2) is 41.6 Å². The number of hydrogen-bond acceptors (Lipinski definition) is 5. The number of nitrogens with zero attached hydrogens (tertiary/aromatic N) is 2. The predicted octanol–water partition coefficient (Wildman–Crippen LogP) is 2.58. The highest BCUT2D eigenvalue weighted by molar-refractivity contribution is 7.99. The zero-order valence-electron chi connectivity index (χ0n) is 12.6. The standard InChI is InChI=1S/C15H15N3O4S/c1-10-7-12(13(18(21)22)8-11(10)2)16-14(19)9-23-15-5-3-4-6-17(15)20/h3-8H,9H2,1-2H3,(H,16,19). The van der Waals surface area contributed by atoms with Crippen molar-refractivity contribution in [2.45, 2.75) is 18.9 Å². The molecule has 0 aliphatic rings. The molecule has 1 heterocycles. The van der Waals surface area contributed by atoms with Crippen molar-refractivity contribution in [2.24, 2.45) is 0 Å². The summed E-state index contributed by atoms with van der Waals surface area (Å²) >= 11 is 1.06. The third-order valence-corrected chi connectivity index (χ3v) is 4.24. The number of pyridine rings is 1. The number of amides is 1. The van der Waals surface area contributed by atoms with Crippen LogP contribution in [-0.2, 0) is 4.79 Å². The summed E-state index contributed by atoms with van der Waals surface area (Å²) in [5.41, 5.74) is 1.64. The van der Waals surface area contributed by atoms with Crippen molar-refractivity contribution in [2.75, 3.05) is 11.1 Å². The number of thioether (sulfide) groups is 1. The van der Waals surface area contributed by atoms with E-state index < -0.39 is 10.8 Å². The Labute approximate surface area is 137 Å². The lowest BCUT2D eigenvalue weighted by Crippen LogP contribution is -2.28. The van der Waals surface area contributed by atoms with Gasteiger partial charge in [0.25, 0.3) is 10.7 Å². The first-order chi connectivity index (χ1) is 10.9. The van der Waals surface area contributed by atoms with Gasteiger partial charge in [-0.15, -0.1) is 0 Å². The van der Waals surface area contributed by atoms with Gasteiger partial charge in [-0.3, -0.25) is 14.9 Å². The first kappa shape index (κ1) is 16.8. The van der Waals surface area contributed by atoms with E-state index in [2.05, 4.69) is 5.32 Å². The van der Waals surface area contributed by atoms with Gasteiger partial charge in [0.2, 0.25) is 5.91 Å². The Morgan fingerprint density at radius 3 is 2.65 bits per heavy atom. The van der Waals surface area contributed by atoms with E-state index in [1.165, 1.54) is 12.3 Å². The third-order valence-electron chi connectivity index (χ3n) is 3.22. The number of benzene rings is 1. The summed E-state index contributed by atoms with van der Waals surface area (Å²) in [4.78, 5) is 22.6. The molecule has 23 heavy (non-hydrogen) atoms. The summed E-state index contributed by atoms with van der Waals surface area (Å²) in [5.74, 6) is -0.429. The van der Waals surface area contributed by atoms with E-state index >= 15 is 0 Å². The van der Waals surface area contributed by atoms with Crippen LogP contribution in [0.5, 0.6) is 0 Å². The Bertz CT molecular complexity index is 764. The molecule has 0 bridgehead atoms. The fraction of sp³-hybridized carbons (Fsp3) is 0.200. The second-order valence-electron chi connectivity index (χ2n) is 4.91. The molecule has 2 rings (SSSR count). The number of carbonyl (C=O) groups is 1. The molecule has 0 aliphatic heterocycles. The minimum absolute atomic E-state index is 0.0175. The van der Waals surface area contributed by atoms with E-state index in [-0.39, 0.29) is 17.1 Å². The maximum atomic E-state index is 12.0. The Balaban J connectivity index is 2.10. The molecular formula is C15H15N3O4S. The van der Waals surface area contributed by atoms with E-state index in [0.717, 1.165) is 22.9 Å². The minimum atomic E-state index is -0.530. The first-order valence-electron chi connectivity index (χ1n) is 6.75. The van der Waals surface area contributed by atoms with Gasteiger partial charge in [0.15, 0.2) is 6.20 Å². The van der Waals surface area contributed by atoms with Gasteiger partial charge in [-0.05, 0) is 48.9 Å². The Hall–Kier alpha value is -2.61. The van der Waals surface area contributed by atoms with E-state index in [1.807, 2.05) is 6.92 Å². The highest BCUT2D eigenvalue weighted by atomic mass is 32.2. The molecule has 0 saturated carbocycles. The minimum Gasteiger partial charge on any atom is -0.618 e. The molecule has 1 amide bonds. The third kappa shape index (κ3) is 4.19. The van der Waals surface area contributed by atoms with Crippen LogP contribution in [-0.4, -0.2) is 16.6 Å². The van der Waals surface area contributed by atoms with Crippen LogP contribution >= 0.6 is 11.8 Å². The van der Waals surface area contributed by atoms with Crippen molar-refractivity contribution in [3.05, 3.63) is 63.0 Å². The largest absolute Gasteiger partial charge is 0.618 e. The molecule has 0 spiro atoms. The molecule has 1 N–H and O–H groups in total. The maximum Gasteiger partial charge on any atom is 0.293 e. The van der Waals surface area contributed by atoms with E-state index in [0.29, 0.717) is 9.76 Å². The average Bonchev–Trinajstić information content (AvgIpc) is 2.49. The van der Waals surface area contributed by atoms with Crippen LogP contribution in [0.3, 0.4) is 0 Å². The summed E-state index contributed by atoms with van der Waals surface area (Å²) in [5, 5.41) is 25.5. The normalized spacial score (nSPS) is 10.3. The van der Waals surface area contributed by atoms with Gasteiger partial charge in [0.05, 0.1) is 10.7 Å². The number of nitro groups is 1. The fourth-order valence-corrected chi connectivity index (χ4v) is 2.62. The quantitative estimate of drug-likeness (QED) is 0.298. The first-order valence-corrected chi connectivity index (χ1v) is 7.73. The smallest absolute Gasteiger partial charge is 0.293 e. The summed E-state index contributed by atoms with van der Waals surface area (Å²) in [6, 6.07) is 7.90. The second-order valence-corrected chi connectivity index (χ2v) is 5.91. The average molecular weight is 333 g/mol. The zero-order valence-corrected chi connectivity index (χ0v) is 13.4. The topological polar surface area (TPSA) is 99.2 Å². The summed E-state index contributed by atoms with van der Waals surface area (Å²) < 4.78 is 0.663. The van der Waals surface area contributed by atoms with Crippen LogP contribution in [0.25, 0.3) is 0 Å². The lowest BCUT2D eigenvalue weighted by molar-refractivity contribution is -0.645. The Kier molecular flexibility index (Phi) is 5.17. The number of nitrogens with one attached hydrogen (secondary N) is 1. The molecule has 0 unspecified atom stereocenters. The van der Waals surface area contributed by atoms with Gasteiger partial charge in [-0.1, -0.05) is 0 Å². The molecule has 1 aromatic carbocycles. The van der Waals surface area contributed by atoms with Crippen molar-refractivity contribution in [1.82, 2.24) is 0 Å². The zero-order chi connectivity index (χ0) is 17.0. The number of anilines is 1. The highest BCUT2D eigenvalue weighted by Crippen LogP contribution is 2.28. The van der Waals surface area contributed by atoms with Crippen LogP contribution in [0.1, 0.15) is 11.1 Å². The second kappa shape index (κ2) is 7.10. The van der Waals surface area contributed by atoms with Crippen molar-refractivity contribution in [3.8, 4) is 0 Å². The number of rotatable bonds is 5. The summed E-state index contributed by atoms with van der Waals surface area (Å²) in [6.45, 7) is 3.58. The molecular weight excluding hydrogens is 318 g/mol. The van der Waals surface area contributed by atoms with Gasteiger partial charge in [0, 0.05) is 18.2 Å². The number of hydrogen-bond donors (Lipinski definition) is 1. The molecule has 8 heteroatoms. The molecule has 7 nitrogen and oxygen atoms in total. The van der Waals surface area contributed by atoms with E-state index in [1.54, 1.807) is 31.2 Å². The van der Waals surface area contributed by atoms with E-state index in [4.69, 9.17) is 0 Å². The Morgan fingerprint density at radius 2 is 2.00 bits per heavy atom. The monoisotopic (exact) mass is 333 g/mol. The maximum absolute atomic E-state index is 12.0. The summed E-state index contributed by atoms with van der Waals surface area (Å²) in [7, 11) is 0. The highest BCUT2D eigenvalue weighted by Gasteiger charge is 2.18. The molecule has 2 aromatic rings. The molecule has 0 aliphatic carbocycles. The fourth-order valence-electron chi connectivity index (χ4n) is 1.90. The molecule has 120 valence electrons. The predicted molar refractivity (Wildman–Crippen MR) is 87.3 cm³/mol. The molecule has 0 atom stereocenters. The number of carbonyl (C=O) groups excluding carboxylic acids is 1. The van der Waals surface area contributed by atoms with Crippen molar-refractivity contribution >= 4 is 29.0 Å².